The zero-order chi connectivity index (χ0) is 15.8. The highest BCUT2D eigenvalue weighted by atomic mass is 35.5. The van der Waals surface area contributed by atoms with E-state index in [0.717, 1.165) is 5.56 Å². The van der Waals surface area contributed by atoms with Gasteiger partial charge in [-0.3, -0.25) is 0 Å². The van der Waals surface area contributed by atoms with E-state index < -0.39 is 17.8 Å². The Morgan fingerprint density at radius 1 is 1.29 bits per heavy atom. The molecular weight excluding hydrogens is 313 g/mol. The largest absolute Gasteiger partial charge is 0.444 e. The second-order valence-corrected chi connectivity index (χ2v) is 7.05. The number of halogens is 2. The van der Waals surface area contributed by atoms with Crippen molar-refractivity contribution in [2.75, 3.05) is 13.1 Å². The third-order valence-electron chi connectivity index (χ3n) is 3.31. The first-order valence-corrected chi connectivity index (χ1v) is 7.54. The number of aliphatic hydroxyl groups is 1. The molecule has 0 bridgehead atoms. The topological polar surface area (TPSA) is 49.8 Å². The van der Waals surface area contributed by atoms with E-state index >= 15 is 0 Å². The van der Waals surface area contributed by atoms with Gasteiger partial charge < -0.3 is 14.7 Å². The van der Waals surface area contributed by atoms with Gasteiger partial charge in [0.05, 0.1) is 22.7 Å². The molecule has 1 N–H and O–H groups in total. The van der Waals surface area contributed by atoms with E-state index in [9.17, 15) is 9.90 Å². The molecule has 0 saturated carbocycles. The van der Waals surface area contributed by atoms with Crippen LogP contribution < -0.4 is 0 Å². The lowest BCUT2D eigenvalue weighted by Gasteiger charge is -2.24. The first-order chi connectivity index (χ1) is 9.67. The van der Waals surface area contributed by atoms with E-state index in [1.165, 1.54) is 4.90 Å². The first-order valence-electron chi connectivity index (χ1n) is 6.78. The molecule has 0 spiro atoms. The van der Waals surface area contributed by atoms with Crippen molar-refractivity contribution in [3.8, 4) is 0 Å². The highest BCUT2D eigenvalue weighted by Gasteiger charge is 2.37. The molecule has 0 aliphatic carbocycles. The maximum Gasteiger partial charge on any atom is 0.410 e. The molecule has 21 heavy (non-hydrogen) atoms. The van der Waals surface area contributed by atoms with Crippen LogP contribution in [0.25, 0.3) is 0 Å². The number of rotatable bonds is 1. The molecule has 6 heteroatoms. The third kappa shape index (κ3) is 4.02. The van der Waals surface area contributed by atoms with Gasteiger partial charge in [-0.05, 0) is 38.5 Å². The molecule has 4 nitrogen and oxygen atoms in total. The molecule has 1 aromatic carbocycles. The molecule has 2 atom stereocenters. The van der Waals surface area contributed by atoms with Crippen LogP contribution in [0.1, 0.15) is 32.3 Å². The fraction of sp³-hybridized carbons (Fsp3) is 0.533. The second-order valence-electron chi connectivity index (χ2n) is 6.23. The van der Waals surface area contributed by atoms with Crippen LogP contribution in [0.3, 0.4) is 0 Å². The summed E-state index contributed by atoms with van der Waals surface area (Å²) in [4.78, 5) is 13.6. The molecule has 0 aromatic heterocycles. The summed E-state index contributed by atoms with van der Waals surface area (Å²) in [5, 5.41) is 11.1. The maximum absolute atomic E-state index is 12.0. The Balaban J connectivity index is 2.10. The van der Waals surface area contributed by atoms with Crippen LogP contribution in [0.4, 0.5) is 4.79 Å². The Kier molecular flexibility index (Phi) is 4.71. The summed E-state index contributed by atoms with van der Waals surface area (Å²) in [5.41, 5.74) is 0.312. The van der Waals surface area contributed by atoms with Crippen molar-refractivity contribution < 1.29 is 14.6 Å². The highest BCUT2D eigenvalue weighted by Crippen LogP contribution is 2.32. The summed E-state index contributed by atoms with van der Waals surface area (Å²) in [7, 11) is 0. The Morgan fingerprint density at radius 2 is 1.95 bits per heavy atom. The second kappa shape index (κ2) is 6.03. The van der Waals surface area contributed by atoms with Gasteiger partial charge in [0.25, 0.3) is 0 Å². The molecule has 116 valence electrons. The van der Waals surface area contributed by atoms with Gasteiger partial charge >= 0.3 is 6.09 Å². The Hall–Kier alpha value is -0.970. The van der Waals surface area contributed by atoms with Crippen LogP contribution in [0, 0.1) is 0 Å². The number of amides is 1. The van der Waals surface area contributed by atoms with E-state index in [2.05, 4.69) is 0 Å². The van der Waals surface area contributed by atoms with Crippen molar-refractivity contribution in [2.45, 2.75) is 38.4 Å². The highest BCUT2D eigenvalue weighted by molar-refractivity contribution is 6.42. The molecule has 0 radical (unpaired) electrons. The normalized spacial score (nSPS) is 22.5. The smallest absolute Gasteiger partial charge is 0.410 e. The van der Waals surface area contributed by atoms with E-state index in [-0.39, 0.29) is 12.5 Å². The van der Waals surface area contributed by atoms with Gasteiger partial charge in [-0.2, -0.15) is 0 Å². The Morgan fingerprint density at radius 3 is 2.52 bits per heavy atom. The fourth-order valence-corrected chi connectivity index (χ4v) is 2.64. The predicted molar refractivity (Wildman–Crippen MR) is 83.0 cm³/mol. The lowest BCUT2D eigenvalue weighted by molar-refractivity contribution is 0.0270. The van der Waals surface area contributed by atoms with Gasteiger partial charge in [0.15, 0.2) is 0 Å². The summed E-state index contributed by atoms with van der Waals surface area (Å²) in [6, 6.07) is 5.25. The molecule has 1 aliphatic rings. The number of likely N-dealkylation sites (tertiary alicyclic amines) is 1. The number of ether oxygens (including phenoxy) is 1. The van der Waals surface area contributed by atoms with E-state index in [4.69, 9.17) is 27.9 Å². The van der Waals surface area contributed by atoms with Crippen LogP contribution in [-0.4, -0.2) is 40.9 Å². The van der Waals surface area contributed by atoms with Crippen molar-refractivity contribution in [3.63, 3.8) is 0 Å². The fourth-order valence-electron chi connectivity index (χ4n) is 2.33. The number of carbonyl (C=O) groups excluding carboxylic acids is 1. The van der Waals surface area contributed by atoms with Gasteiger partial charge in [-0.25, -0.2) is 4.79 Å². The molecular formula is C15H19Cl2NO3. The van der Waals surface area contributed by atoms with Gasteiger partial charge in [-0.15, -0.1) is 0 Å². The molecule has 1 heterocycles. The van der Waals surface area contributed by atoms with Gasteiger partial charge in [0, 0.05) is 12.5 Å². The molecule has 1 amide bonds. The summed E-state index contributed by atoms with van der Waals surface area (Å²) in [6.45, 7) is 6.09. The van der Waals surface area contributed by atoms with Crippen LogP contribution in [0.5, 0.6) is 0 Å². The van der Waals surface area contributed by atoms with E-state index in [1.807, 2.05) is 26.8 Å². The standard InChI is InChI=1S/C15H19Cl2NO3/c1-15(2,3)21-14(20)18-7-10(13(19)8-18)9-4-5-11(16)12(17)6-9/h4-6,10,13,19H,7-8H2,1-3H3/t10-,13+/m0/s1. The van der Waals surface area contributed by atoms with Crippen LogP contribution in [0.15, 0.2) is 18.2 Å². The summed E-state index contributed by atoms with van der Waals surface area (Å²) in [6.07, 6.45) is -1.06. The minimum absolute atomic E-state index is 0.188. The number of β-amino-alcohol motifs (C(OH)–C–C–N with tert-alkyl or cyclic N) is 1. The SMILES string of the molecule is CC(C)(C)OC(=O)N1C[C@@H](O)[C@H](c2ccc(Cl)c(Cl)c2)C1. The van der Waals surface area contributed by atoms with Crippen molar-refractivity contribution in [3.05, 3.63) is 33.8 Å². The number of hydrogen-bond donors (Lipinski definition) is 1. The maximum atomic E-state index is 12.0. The predicted octanol–water partition coefficient (Wildman–Crippen LogP) is 3.69. The van der Waals surface area contributed by atoms with Gasteiger partial charge in [0.1, 0.15) is 5.60 Å². The minimum atomic E-state index is -0.644. The molecule has 1 fully saturated rings. The molecule has 1 aliphatic heterocycles. The monoisotopic (exact) mass is 331 g/mol. The zero-order valence-corrected chi connectivity index (χ0v) is 13.8. The zero-order valence-electron chi connectivity index (χ0n) is 12.3. The number of aliphatic hydroxyl groups excluding tert-OH is 1. The van der Waals surface area contributed by atoms with Crippen molar-refractivity contribution in [1.29, 1.82) is 0 Å². The molecule has 2 rings (SSSR count). The summed E-state index contributed by atoms with van der Waals surface area (Å²) >= 11 is 11.9. The lowest BCUT2D eigenvalue weighted by Crippen LogP contribution is -2.35. The average molecular weight is 332 g/mol. The van der Waals surface area contributed by atoms with E-state index in [0.29, 0.717) is 16.6 Å². The van der Waals surface area contributed by atoms with Crippen molar-refractivity contribution >= 4 is 29.3 Å². The molecule has 1 saturated heterocycles. The lowest BCUT2D eigenvalue weighted by atomic mass is 9.96. The Labute approximate surface area is 134 Å². The average Bonchev–Trinajstić information content (AvgIpc) is 2.73. The van der Waals surface area contributed by atoms with E-state index in [1.54, 1.807) is 12.1 Å². The van der Waals surface area contributed by atoms with Crippen molar-refractivity contribution in [2.24, 2.45) is 0 Å². The minimum Gasteiger partial charge on any atom is -0.444 e. The molecule has 1 aromatic rings. The summed E-state index contributed by atoms with van der Waals surface area (Å²) in [5.74, 6) is -0.188. The number of nitrogens with zero attached hydrogens (tertiary/aromatic N) is 1. The van der Waals surface area contributed by atoms with Crippen LogP contribution in [-0.2, 0) is 4.74 Å². The number of benzene rings is 1. The number of carbonyl (C=O) groups is 1. The molecule has 0 unspecified atom stereocenters. The van der Waals surface area contributed by atoms with Crippen LogP contribution in [0.2, 0.25) is 10.0 Å². The number of hydrogen-bond acceptors (Lipinski definition) is 3. The van der Waals surface area contributed by atoms with Crippen molar-refractivity contribution in [1.82, 2.24) is 4.90 Å². The third-order valence-corrected chi connectivity index (χ3v) is 4.05. The quantitative estimate of drug-likeness (QED) is 0.853. The van der Waals surface area contributed by atoms with Gasteiger partial charge in [-0.1, -0.05) is 29.3 Å². The summed E-state index contributed by atoms with van der Waals surface area (Å²) < 4.78 is 5.33. The van der Waals surface area contributed by atoms with Crippen LogP contribution >= 0.6 is 23.2 Å². The Bertz CT molecular complexity index is 542. The first kappa shape index (κ1) is 16.4. The van der Waals surface area contributed by atoms with Gasteiger partial charge in [0.2, 0.25) is 0 Å².